The highest BCUT2D eigenvalue weighted by Gasteiger charge is 2.10. The van der Waals surface area contributed by atoms with Gasteiger partial charge in [0.05, 0.1) is 6.54 Å². The molecule has 0 saturated carbocycles. The van der Waals surface area contributed by atoms with Gasteiger partial charge in [0.2, 0.25) is 0 Å². The summed E-state index contributed by atoms with van der Waals surface area (Å²) in [4.78, 5) is 21.1. The maximum Gasteiger partial charge on any atom is 0.328 e. The van der Waals surface area contributed by atoms with Crippen LogP contribution in [0, 0.1) is 0 Å². The molecule has 0 spiro atoms. The van der Waals surface area contributed by atoms with Crippen molar-refractivity contribution in [3.63, 3.8) is 0 Å². The van der Waals surface area contributed by atoms with Crippen molar-refractivity contribution in [3.05, 3.63) is 48.2 Å². The van der Waals surface area contributed by atoms with Crippen LogP contribution in [0.3, 0.4) is 0 Å². The molecule has 0 unspecified atom stereocenters. The summed E-state index contributed by atoms with van der Waals surface area (Å²) in [5, 5.41) is 8.71. The van der Waals surface area contributed by atoms with Crippen LogP contribution in [0.4, 0.5) is 5.82 Å². The van der Waals surface area contributed by atoms with Crippen molar-refractivity contribution in [1.29, 1.82) is 0 Å². The molecule has 0 aromatic carbocycles. The lowest BCUT2D eigenvalue weighted by molar-refractivity contribution is -0.131. The van der Waals surface area contributed by atoms with Crippen LogP contribution < -0.4 is 4.90 Å². The Morgan fingerprint density at radius 1 is 1.45 bits per heavy atom. The highest BCUT2D eigenvalue weighted by atomic mass is 16.4. The third kappa shape index (κ3) is 3.23. The predicted octanol–water partition coefficient (Wildman–Crippen LogP) is 1.55. The molecule has 0 bridgehead atoms. The lowest BCUT2D eigenvalue weighted by Crippen LogP contribution is -2.20. The molecule has 0 amide bonds. The largest absolute Gasteiger partial charge is 0.478 e. The molecule has 1 N–H and O–H groups in total. The van der Waals surface area contributed by atoms with E-state index in [-0.39, 0.29) is 0 Å². The molecule has 104 valence electrons. The molecule has 20 heavy (non-hydrogen) atoms. The van der Waals surface area contributed by atoms with Gasteiger partial charge in [-0.3, -0.25) is 0 Å². The van der Waals surface area contributed by atoms with E-state index >= 15 is 0 Å². The van der Waals surface area contributed by atoms with Gasteiger partial charge in [0.15, 0.2) is 0 Å². The molecule has 2 rings (SSSR count). The van der Waals surface area contributed by atoms with E-state index in [1.807, 2.05) is 35.8 Å². The third-order valence-electron chi connectivity index (χ3n) is 2.88. The number of rotatable bonds is 5. The van der Waals surface area contributed by atoms with E-state index in [0.717, 1.165) is 17.5 Å². The maximum absolute atomic E-state index is 10.6. The fourth-order valence-electron chi connectivity index (χ4n) is 1.86. The number of aliphatic carboxylic acids is 1. The van der Waals surface area contributed by atoms with Crippen LogP contribution >= 0.6 is 0 Å². The molecule has 2 heterocycles. The summed E-state index contributed by atoms with van der Waals surface area (Å²) in [6.07, 6.45) is 7.96. The zero-order valence-corrected chi connectivity index (χ0v) is 11.4. The maximum atomic E-state index is 10.6. The summed E-state index contributed by atoms with van der Waals surface area (Å²) in [6, 6.07) is 3.61. The Kier molecular flexibility index (Phi) is 4.14. The van der Waals surface area contributed by atoms with E-state index in [0.29, 0.717) is 12.4 Å². The summed E-state index contributed by atoms with van der Waals surface area (Å²) < 4.78 is 1.94. The van der Waals surface area contributed by atoms with Gasteiger partial charge < -0.3 is 14.6 Å². The number of aromatic nitrogens is 3. The average Bonchev–Trinajstić information content (AvgIpc) is 2.82. The van der Waals surface area contributed by atoms with Gasteiger partial charge in [0, 0.05) is 44.3 Å². The van der Waals surface area contributed by atoms with E-state index in [1.54, 1.807) is 24.5 Å². The fraction of sp³-hybridized carbons (Fsp3) is 0.214. The van der Waals surface area contributed by atoms with Gasteiger partial charge in [-0.25, -0.2) is 14.8 Å². The highest BCUT2D eigenvalue weighted by molar-refractivity contribution is 5.86. The second-order valence-corrected chi connectivity index (χ2v) is 4.40. The number of pyridine rings is 1. The molecule has 0 aliphatic heterocycles. The molecule has 0 fully saturated rings. The summed E-state index contributed by atoms with van der Waals surface area (Å²) in [7, 11) is 3.83. The molecule has 0 aliphatic carbocycles. The number of carboxylic acids is 1. The number of carboxylic acid groups (broad SMARTS) is 1. The minimum atomic E-state index is -0.980. The van der Waals surface area contributed by atoms with Gasteiger partial charge in [0.25, 0.3) is 0 Å². The number of nitrogens with zero attached hydrogens (tertiary/aromatic N) is 4. The van der Waals surface area contributed by atoms with Gasteiger partial charge in [-0.15, -0.1) is 0 Å². The standard InChI is InChI=1S/C14H16N4O2/c1-17-9-8-15-12(17)10-18(2)14-11(4-3-7-16-14)5-6-13(19)20/h3-9H,10H2,1-2H3,(H,19,20)/b6-5+. The summed E-state index contributed by atoms with van der Waals surface area (Å²) >= 11 is 0. The summed E-state index contributed by atoms with van der Waals surface area (Å²) in [6.45, 7) is 0.592. The Morgan fingerprint density at radius 3 is 2.90 bits per heavy atom. The van der Waals surface area contributed by atoms with Crippen molar-refractivity contribution in [1.82, 2.24) is 14.5 Å². The molecule has 0 saturated heterocycles. The monoisotopic (exact) mass is 272 g/mol. The molecule has 2 aromatic rings. The molecule has 0 radical (unpaired) electrons. The van der Waals surface area contributed by atoms with Gasteiger partial charge in [-0.05, 0) is 18.2 Å². The lowest BCUT2D eigenvalue weighted by Gasteiger charge is -2.19. The Morgan fingerprint density at radius 2 is 2.25 bits per heavy atom. The number of hydrogen-bond acceptors (Lipinski definition) is 4. The summed E-state index contributed by atoms with van der Waals surface area (Å²) in [5.74, 6) is 0.644. The van der Waals surface area contributed by atoms with Crippen LogP contribution in [0.15, 0.2) is 36.8 Å². The second kappa shape index (κ2) is 6.01. The zero-order valence-electron chi connectivity index (χ0n) is 11.4. The molecule has 0 aliphatic rings. The molecular formula is C14H16N4O2. The quantitative estimate of drug-likeness (QED) is 0.836. The Bertz CT molecular complexity index is 634. The molecular weight excluding hydrogens is 256 g/mol. The van der Waals surface area contributed by atoms with Gasteiger partial charge in [0.1, 0.15) is 11.6 Å². The van der Waals surface area contributed by atoms with Crippen molar-refractivity contribution in [2.45, 2.75) is 6.54 Å². The SMILES string of the molecule is CN(Cc1nccn1C)c1ncccc1/C=C/C(=O)O. The van der Waals surface area contributed by atoms with E-state index in [1.165, 1.54) is 0 Å². The van der Waals surface area contributed by atoms with E-state index in [4.69, 9.17) is 5.11 Å². The first-order valence-corrected chi connectivity index (χ1v) is 6.11. The van der Waals surface area contributed by atoms with Gasteiger partial charge >= 0.3 is 5.97 Å². The van der Waals surface area contributed by atoms with E-state index < -0.39 is 5.97 Å². The van der Waals surface area contributed by atoms with Crippen molar-refractivity contribution in [2.75, 3.05) is 11.9 Å². The van der Waals surface area contributed by atoms with Crippen LogP contribution in [-0.4, -0.2) is 32.7 Å². The van der Waals surface area contributed by atoms with Crippen LogP contribution in [-0.2, 0) is 18.4 Å². The highest BCUT2D eigenvalue weighted by Crippen LogP contribution is 2.18. The zero-order chi connectivity index (χ0) is 14.5. The van der Waals surface area contributed by atoms with Crippen molar-refractivity contribution in [3.8, 4) is 0 Å². The number of hydrogen-bond donors (Lipinski definition) is 1. The first-order chi connectivity index (χ1) is 9.58. The predicted molar refractivity (Wildman–Crippen MR) is 76.2 cm³/mol. The van der Waals surface area contributed by atoms with Crippen LogP contribution in [0.1, 0.15) is 11.4 Å². The molecule has 6 heteroatoms. The van der Waals surface area contributed by atoms with Gasteiger partial charge in [-0.2, -0.15) is 0 Å². The van der Waals surface area contributed by atoms with Crippen LogP contribution in [0.5, 0.6) is 0 Å². The first-order valence-electron chi connectivity index (χ1n) is 6.11. The number of imidazole rings is 1. The van der Waals surface area contributed by atoms with Crippen LogP contribution in [0.25, 0.3) is 6.08 Å². The van der Waals surface area contributed by atoms with E-state index in [2.05, 4.69) is 9.97 Å². The second-order valence-electron chi connectivity index (χ2n) is 4.40. The Labute approximate surface area is 117 Å². The van der Waals surface area contributed by atoms with Crippen molar-refractivity contribution >= 4 is 17.9 Å². The van der Waals surface area contributed by atoms with Gasteiger partial charge in [-0.1, -0.05) is 0 Å². The minimum absolute atomic E-state index is 0.592. The number of anilines is 1. The van der Waals surface area contributed by atoms with E-state index in [9.17, 15) is 4.79 Å². The Hall–Kier alpha value is -2.63. The smallest absolute Gasteiger partial charge is 0.328 e. The number of aryl methyl sites for hydroxylation is 1. The van der Waals surface area contributed by atoms with Crippen molar-refractivity contribution < 1.29 is 9.90 Å². The first kappa shape index (κ1) is 13.8. The average molecular weight is 272 g/mol. The normalized spacial score (nSPS) is 10.9. The topological polar surface area (TPSA) is 71.2 Å². The minimum Gasteiger partial charge on any atom is -0.478 e. The molecule has 0 atom stereocenters. The number of carbonyl (C=O) groups is 1. The third-order valence-corrected chi connectivity index (χ3v) is 2.88. The lowest BCUT2D eigenvalue weighted by atomic mass is 10.2. The molecule has 2 aromatic heterocycles. The fourth-order valence-corrected chi connectivity index (χ4v) is 1.86. The summed E-state index contributed by atoms with van der Waals surface area (Å²) in [5.41, 5.74) is 0.756. The Balaban J connectivity index is 2.23. The molecule has 6 nitrogen and oxygen atoms in total. The van der Waals surface area contributed by atoms with Crippen LogP contribution in [0.2, 0.25) is 0 Å². The van der Waals surface area contributed by atoms with Crippen molar-refractivity contribution in [2.24, 2.45) is 7.05 Å².